The van der Waals surface area contributed by atoms with Crippen molar-refractivity contribution in [2.24, 2.45) is 13.0 Å². The monoisotopic (exact) mass is 385 g/mol. The predicted octanol–water partition coefficient (Wildman–Crippen LogP) is 6.15. The first kappa shape index (κ1) is 19.1. The summed E-state index contributed by atoms with van der Waals surface area (Å²) in [7, 11) is 2.02. The smallest absolute Gasteiger partial charge is 0.140 e. The third kappa shape index (κ3) is 3.97. The third-order valence-corrected chi connectivity index (χ3v) is 5.02. The number of imidazole rings is 1. The van der Waals surface area contributed by atoms with Crippen LogP contribution in [-0.2, 0) is 13.5 Å². The van der Waals surface area contributed by atoms with E-state index in [0.29, 0.717) is 5.92 Å². The normalized spacial score (nSPS) is 11.2. The van der Waals surface area contributed by atoms with E-state index >= 15 is 0 Å². The Labute approximate surface area is 170 Å². The molecule has 0 bridgehead atoms. The second-order valence-corrected chi connectivity index (χ2v) is 7.73. The van der Waals surface area contributed by atoms with Gasteiger partial charge in [-0.05, 0) is 54.3 Å². The quantitative estimate of drug-likeness (QED) is 0.412. The highest BCUT2D eigenvalue weighted by Gasteiger charge is 2.19. The fraction of sp³-hybridized carbons (Fsp3) is 0.200. The minimum atomic E-state index is -0.254. The van der Waals surface area contributed by atoms with Crippen LogP contribution >= 0.6 is 0 Å². The number of rotatable bonds is 5. The van der Waals surface area contributed by atoms with Crippen LogP contribution in [0.4, 0.5) is 4.39 Å². The standard InChI is InChI=1S/C25H24FN3/c1-17(2)16-18-4-6-21(7-5-18)25-28-23(19-8-10-22(26)11-9-19)24(29(25)3)20-12-14-27-15-13-20/h4-15,17H,16H2,1-3H3. The third-order valence-electron chi connectivity index (χ3n) is 5.02. The molecule has 0 aliphatic rings. The maximum Gasteiger partial charge on any atom is 0.140 e. The topological polar surface area (TPSA) is 30.7 Å². The van der Waals surface area contributed by atoms with Crippen molar-refractivity contribution in [1.29, 1.82) is 0 Å². The Bertz CT molecular complexity index is 1100. The first-order chi connectivity index (χ1) is 14.0. The molecule has 0 spiro atoms. The van der Waals surface area contributed by atoms with Crippen LogP contribution in [0.2, 0.25) is 0 Å². The molecule has 4 heteroatoms. The van der Waals surface area contributed by atoms with Gasteiger partial charge in [-0.1, -0.05) is 38.1 Å². The molecule has 0 aliphatic heterocycles. The van der Waals surface area contributed by atoms with Crippen LogP contribution in [0, 0.1) is 11.7 Å². The molecule has 0 radical (unpaired) electrons. The minimum absolute atomic E-state index is 0.254. The van der Waals surface area contributed by atoms with Gasteiger partial charge in [-0.25, -0.2) is 9.37 Å². The molecule has 0 aliphatic carbocycles. The average molecular weight is 385 g/mol. The molecule has 2 aromatic heterocycles. The maximum atomic E-state index is 13.5. The molecule has 0 N–H and O–H groups in total. The van der Waals surface area contributed by atoms with Crippen LogP contribution in [0.3, 0.4) is 0 Å². The number of pyridine rings is 1. The van der Waals surface area contributed by atoms with Crippen LogP contribution in [0.15, 0.2) is 73.1 Å². The van der Waals surface area contributed by atoms with E-state index in [4.69, 9.17) is 4.98 Å². The van der Waals surface area contributed by atoms with E-state index in [-0.39, 0.29) is 5.82 Å². The average Bonchev–Trinajstić information content (AvgIpc) is 3.06. The Kier molecular flexibility index (Phi) is 5.26. The van der Waals surface area contributed by atoms with Crippen LogP contribution in [-0.4, -0.2) is 14.5 Å². The zero-order chi connectivity index (χ0) is 20.4. The first-order valence-electron chi connectivity index (χ1n) is 9.85. The Morgan fingerprint density at radius 3 is 2.07 bits per heavy atom. The fourth-order valence-corrected chi connectivity index (χ4v) is 3.67. The van der Waals surface area contributed by atoms with Gasteiger partial charge in [0.1, 0.15) is 11.6 Å². The van der Waals surface area contributed by atoms with Gasteiger partial charge >= 0.3 is 0 Å². The van der Waals surface area contributed by atoms with Crippen molar-refractivity contribution in [2.75, 3.05) is 0 Å². The van der Waals surface area contributed by atoms with Gasteiger partial charge in [-0.3, -0.25) is 4.98 Å². The van der Waals surface area contributed by atoms with Crippen LogP contribution in [0.5, 0.6) is 0 Å². The lowest BCUT2D eigenvalue weighted by Gasteiger charge is -2.09. The lowest BCUT2D eigenvalue weighted by Crippen LogP contribution is -1.97. The highest BCUT2D eigenvalue weighted by molar-refractivity contribution is 5.82. The highest BCUT2D eigenvalue weighted by Crippen LogP contribution is 2.35. The fourth-order valence-electron chi connectivity index (χ4n) is 3.67. The summed E-state index contributed by atoms with van der Waals surface area (Å²) in [5, 5.41) is 0. The Morgan fingerprint density at radius 1 is 0.828 bits per heavy atom. The van der Waals surface area contributed by atoms with Crippen molar-refractivity contribution < 1.29 is 4.39 Å². The number of nitrogens with zero attached hydrogens (tertiary/aromatic N) is 3. The number of aromatic nitrogens is 3. The van der Waals surface area contributed by atoms with Crippen LogP contribution in [0.1, 0.15) is 19.4 Å². The number of benzene rings is 2. The summed E-state index contributed by atoms with van der Waals surface area (Å²) >= 11 is 0. The van der Waals surface area contributed by atoms with E-state index in [9.17, 15) is 4.39 Å². The Morgan fingerprint density at radius 2 is 1.45 bits per heavy atom. The van der Waals surface area contributed by atoms with E-state index < -0.39 is 0 Å². The molecule has 0 fully saturated rings. The van der Waals surface area contributed by atoms with Gasteiger partial charge in [0.15, 0.2) is 0 Å². The predicted molar refractivity (Wildman–Crippen MR) is 116 cm³/mol. The van der Waals surface area contributed by atoms with E-state index in [0.717, 1.165) is 40.3 Å². The summed E-state index contributed by atoms with van der Waals surface area (Å²) < 4.78 is 15.6. The largest absolute Gasteiger partial charge is 0.327 e. The molecule has 29 heavy (non-hydrogen) atoms. The summed E-state index contributed by atoms with van der Waals surface area (Å²) in [4.78, 5) is 9.10. The molecule has 2 heterocycles. The molecule has 2 aromatic carbocycles. The van der Waals surface area contributed by atoms with Crippen molar-refractivity contribution in [3.05, 3.63) is 84.4 Å². The molecule has 0 unspecified atom stereocenters. The van der Waals surface area contributed by atoms with E-state index in [1.807, 2.05) is 19.2 Å². The molecule has 0 saturated carbocycles. The summed E-state index contributed by atoms with van der Waals surface area (Å²) in [6, 6.07) is 19.0. The summed E-state index contributed by atoms with van der Waals surface area (Å²) in [5.74, 6) is 1.25. The zero-order valence-electron chi connectivity index (χ0n) is 16.9. The lowest BCUT2D eigenvalue weighted by atomic mass is 10.0. The maximum absolute atomic E-state index is 13.5. The molecule has 0 atom stereocenters. The molecule has 0 amide bonds. The molecule has 0 saturated heterocycles. The Balaban J connectivity index is 1.84. The summed E-state index contributed by atoms with van der Waals surface area (Å²) in [6.45, 7) is 4.45. The molecule has 4 rings (SSSR count). The van der Waals surface area contributed by atoms with Crippen molar-refractivity contribution in [3.8, 4) is 33.9 Å². The minimum Gasteiger partial charge on any atom is -0.327 e. The van der Waals surface area contributed by atoms with Crippen molar-refractivity contribution in [2.45, 2.75) is 20.3 Å². The van der Waals surface area contributed by atoms with Gasteiger partial charge in [-0.15, -0.1) is 0 Å². The van der Waals surface area contributed by atoms with E-state index in [1.165, 1.54) is 17.7 Å². The second-order valence-electron chi connectivity index (χ2n) is 7.73. The van der Waals surface area contributed by atoms with E-state index in [1.54, 1.807) is 24.5 Å². The Hall–Kier alpha value is -3.27. The summed E-state index contributed by atoms with van der Waals surface area (Å²) in [6.07, 6.45) is 4.61. The van der Waals surface area contributed by atoms with Crippen molar-refractivity contribution in [3.63, 3.8) is 0 Å². The molecule has 3 nitrogen and oxygen atoms in total. The number of halogens is 1. The molecular weight excluding hydrogens is 361 g/mol. The van der Waals surface area contributed by atoms with Gasteiger partial charge in [-0.2, -0.15) is 0 Å². The second kappa shape index (κ2) is 8.00. The van der Waals surface area contributed by atoms with Gasteiger partial charge < -0.3 is 4.57 Å². The molecular formula is C25H24FN3. The SMILES string of the molecule is CC(C)Cc1ccc(-c2nc(-c3ccc(F)cc3)c(-c3ccncc3)n2C)cc1. The van der Waals surface area contributed by atoms with Gasteiger partial charge in [0.25, 0.3) is 0 Å². The van der Waals surface area contributed by atoms with Gasteiger partial charge in [0.2, 0.25) is 0 Å². The molecule has 146 valence electrons. The van der Waals surface area contributed by atoms with Crippen molar-refractivity contribution >= 4 is 0 Å². The zero-order valence-corrected chi connectivity index (χ0v) is 16.9. The lowest BCUT2D eigenvalue weighted by molar-refractivity contribution is 0.628. The molecule has 4 aromatic rings. The van der Waals surface area contributed by atoms with Crippen LogP contribution in [0.25, 0.3) is 33.9 Å². The van der Waals surface area contributed by atoms with Gasteiger partial charge in [0.05, 0.1) is 11.4 Å². The summed E-state index contributed by atoms with van der Waals surface area (Å²) in [5.41, 5.74) is 6.11. The van der Waals surface area contributed by atoms with Gasteiger partial charge in [0, 0.05) is 36.1 Å². The van der Waals surface area contributed by atoms with E-state index in [2.05, 4.69) is 47.7 Å². The number of hydrogen-bond donors (Lipinski definition) is 0. The first-order valence-corrected chi connectivity index (χ1v) is 9.85. The van der Waals surface area contributed by atoms with Crippen molar-refractivity contribution in [1.82, 2.24) is 14.5 Å². The van der Waals surface area contributed by atoms with Crippen LogP contribution < -0.4 is 0 Å². The highest BCUT2D eigenvalue weighted by atomic mass is 19.1. The number of hydrogen-bond acceptors (Lipinski definition) is 2.